The summed E-state index contributed by atoms with van der Waals surface area (Å²) in [5.74, 6) is 0. The normalized spacial score (nSPS) is 37.2. The zero-order valence-electron chi connectivity index (χ0n) is 5.28. The topological polar surface area (TPSA) is 54.4 Å². The van der Waals surface area contributed by atoms with E-state index in [0.717, 1.165) is 0 Å². The summed E-state index contributed by atoms with van der Waals surface area (Å²) in [5, 5.41) is -1.54. The summed E-state index contributed by atoms with van der Waals surface area (Å²) in [4.78, 5) is 0. The summed E-state index contributed by atoms with van der Waals surface area (Å²) in [6.45, 7) is 0. The monoisotopic (exact) mass is 208 g/mol. The van der Waals surface area contributed by atoms with Crippen molar-refractivity contribution < 1.29 is 21.8 Å². The second-order valence-corrected chi connectivity index (χ2v) is 3.88. The Morgan fingerprint density at radius 1 is 1.36 bits per heavy atom. The Morgan fingerprint density at radius 3 is 1.91 bits per heavy atom. The third kappa shape index (κ3) is 2.00. The van der Waals surface area contributed by atoms with Gasteiger partial charge in [0.2, 0.25) is 0 Å². The van der Waals surface area contributed by atoms with Crippen LogP contribution in [0, 0.1) is 0 Å². The summed E-state index contributed by atoms with van der Waals surface area (Å²) in [6, 6.07) is 0. The molecule has 1 rings (SSSR count). The smallest absolute Gasteiger partial charge is 0.270 e. The largest absolute Gasteiger partial charge is 0.285 e. The van der Waals surface area contributed by atoms with Crippen molar-refractivity contribution in [3.05, 3.63) is 0 Å². The van der Waals surface area contributed by atoms with Gasteiger partial charge in [0.1, 0.15) is 11.4 Å². The minimum Gasteiger partial charge on any atom is -0.285 e. The molecule has 11 heavy (non-hydrogen) atoms. The molecule has 0 radical (unpaired) electrons. The Labute approximate surface area is 68.9 Å². The fourth-order valence-electron chi connectivity index (χ4n) is 0.805. The van der Waals surface area contributed by atoms with Crippen LogP contribution in [0.4, 0.5) is 8.78 Å². The summed E-state index contributed by atoms with van der Waals surface area (Å²) < 4.78 is 52.5. The Balaban J connectivity index is 0.000001000. The second kappa shape index (κ2) is 3.20. The molecule has 7 heteroatoms. The van der Waals surface area contributed by atoms with Crippen LogP contribution < -0.4 is 0 Å². The Kier molecular flexibility index (Phi) is 3.22. The quantitative estimate of drug-likeness (QED) is 0.647. The van der Waals surface area contributed by atoms with Crippen molar-refractivity contribution in [2.45, 2.75) is 24.0 Å². The zero-order chi connectivity index (χ0) is 7.94. The molecule has 0 heterocycles. The van der Waals surface area contributed by atoms with Gasteiger partial charge in [0.05, 0.1) is 0 Å². The highest BCUT2D eigenvalue weighted by Crippen LogP contribution is 2.32. The highest BCUT2D eigenvalue weighted by molar-refractivity contribution is 7.86. The average molecular weight is 209 g/mol. The lowest BCUT2D eigenvalue weighted by Gasteiger charge is -2.31. The van der Waals surface area contributed by atoms with Gasteiger partial charge >= 0.3 is 0 Å². The van der Waals surface area contributed by atoms with E-state index in [1.165, 1.54) is 0 Å². The van der Waals surface area contributed by atoms with Crippen LogP contribution in [-0.2, 0) is 10.1 Å². The van der Waals surface area contributed by atoms with E-state index in [1.54, 1.807) is 0 Å². The Bertz CT molecular complexity index is 229. The Morgan fingerprint density at radius 2 is 1.82 bits per heavy atom. The van der Waals surface area contributed by atoms with Crippen LogP contribution in [-0.4, -0.2) is 30.6 Å². The lowest BCUT2D eigenvalue weighted by atomic mass is 9.94. The highest BCUT2D eigenvalue weighted by Gasteiger charge is 2.49. The molecular weight excluding hydrogens is 202 g/mol. The first-order chi connectivity index (χ1) is 4.43. The maximum absolute atomic E-state index is 12.2. The molecule has 1 fully saturated rings. The SMILES string of the molecule is Cl.O=S(=O)(O)C1CC(F)C1F. The first-order valence-corrected chi connectivity index (χ1v) is 4.17. The van der Waals surface area contributed by atoms with E-state index in [9.17, 15) is 17.2 Å². The average Bonchev–Trinajstić information content (AvgIpc) is 1.79. The predicted octanol–water partition coefficient (Wildman–Crippen LogP) is 0.744. The summed E-state index contributed by atoms with van der Waals surface area (Å²) in [7, 11) is -4.36. The summed E-state index contributed by atoms with van der Waals surface area (Å²) >= 11 is 0. The zero-order valence-corrected chi connectivity index (χ0v) is 6.91. The minimum absolute atomic E-state index is 0. The number of rotatable bonds is 1. The fourth-order valence-corrected chi connectivity index (χ4v) is 1.73. The first kappa shape index (κ1) is 11.1. The second-order valence-electron chi connectivity index (χ2n) is 2.25. The van der Waals surface area contributed by atoms with Gasteiger partial charge < -0.3 is 0 Å². The molecule has 1 N–H and O–H groups in total. The van der Waals surface area contributed by atoms with E-state index in [4.69, 9.17) is 4.55 Å². The van der Waals surface area contributed by atoms with E-state index < -0.39 is 34.1 Å². The molecule has 3 atom stereocenters. The van der Waals surface area contributed by atoms with E-state index in [-0.39, 0.29) is 12.4 Å². The molecule has 68 valence electrons. The molecule has 0 aromatic carbocycles. The lowest BCUT2D eigenvalue weighted by molar-refractivity contribution is 0.0718. The van der Waals surface area contributed by atoms with Crippen LogP contribution in [0.1, 0.15) is 6.42 Å². The predicted molar refractivity (Wildman–Crippen MR) is 37.0 cm³/mol. The van der Waals surface area contributed by atoms with Gasteiger partial charge in [0.25, 0.3) is 10.1 Å². The molecule has 0 aromatic heterocycles. The third-order valence-corrected chi connectivity index (χ3v) is 2.76. The molecule has 0 aliphatic heterocycles. The number of halogens is 3. The van der Waals surface area contributed by atoms with E-state index in [1.807, 2.05) is 0 Å². The third-order valence-electron chi connectivity index (χ3n) is 1.54. The van der Waals surface area contributed by atoms with Gasteiger partial charge in [-0.05, 0) is 0 Å². The lowest BCUT2D eigenvalue weighted by Crippen LogP contribution is -2.49. The van der Waals surface area contributed by atoms with Crippen molar-refractivity contribution in [3.63, 3.8) is 0 Å². The van der Waals surface area contributed by atoms with Crippen LogP contribution in [0.2, 0.25) is 0 Å². The van der Waals surface area contributed by atoms with Gasteiger partial charge in [-0.2, -0.15) is 8.42 Å². The molecule has 0 bridgehead atoms. The molecule has 0 aromatic rings. The van der Waals surface area contributed by atoms with Crippen molar-refractivity contribution in [3.8, 4) is 0 Å². The van der Waals surface area contributed by atoms with Gasteiger partial charge in [-0.1, -0.05) is 0 Å². The van der Waals surface area contributed by atoms with Gasteiger partial charge in [-0.25, -0.2) is 8.78 Å². The molecular formula is C4H7ClF2O3S. The van der Waals surface area contributed by atoms with Crippen molar-refractivity contribution >= 4 is 22.5 Å². The van der Waals surface area contributed by atoms with Crippen LogP contribution >= 0.6 is 12.4 Å². The molecule has 1 saturated carbocycles. The summed E-state index contributed by atoms with van der Waals surface area (Å²) in [5.41, 5.74) is 0. The molecule has 0 saturated heterocycles. The van der Waals surface area contributed by atoms with Gasteiger partial charge in [0, 0.05) is 6.42 Å². The first-order valence-electron chi connectivity index (χ1n) is 2.67. The van der Waals surface area contributed by atoms with E-state index >= 15 is 0 Å². The maximum Gasteiger partial charge on any atom is 0.270 e. The van der Waals surface area contributed by atoms with Crippen molar-refractivity contribution in [2.75, 3.05) is 0 Å². The van der Waals surface area contributed by atoms with Gasteiger partial charge in [-0.15, -0.1) is 12.4 Å². The molecule has 1 aliphatic rings. The van der Waals surface area contributed by atoms with Gasteiger partial charge in [-0.3, -0.25) is 4.55 Å². The molecule has 0 spiro atoms. The highest BCUT2D eigenvalue weighted by atomic mass is 35.5. The standard InChI is InChI=1S/C4H6F2O3S.ClH/c5-2-1-3(4(2)6)10(7,8)9;/h2-4H,1H2,(H,7,8,9);1H. The van der Waals surface area contributed by atoms with Crippen LogP contribution in [0.25, 0.3) is 0 Å². The number of hydrogen-bond donors (Lipinski definition) is 1. The summed E-state index contributed by atoms with van der Waals surface area (Å²) in [6.07, 6.45) is -4.21. The van der Waals surface area contributed by atoms with Crippen molar-refractivity contribution in [2.24, 2.45) is 0 Å². The van der Waals surface area contributed by atoms with Gasteiger partial charge in [0.15, 0.2) is 6.17 Å². The van der Waals surface area contributed by atoms with E-state index in [2.05, 4.69) is 0 Å². The van der Waals surface area contributed by atoms with Crippen molar-refractivity contribution in [1.82, 2.24) is 0 Å². The van der Waals surface area contributed by atoms with Crippen LogP contribution in [0.15, 0.2) is 0 Å². The van der Waals surface area contributed by atoms with Crippen LogP contribution in [0.3, 0.4) is 0 Å². The van der Waals surface area contributed by atoms with Crippen LogP contribution in [0.5, 0.6) is 0 Å². The molecule has 0 amide bonds. The minimum atomic E-state index is -4.36. The molecule has 1 aliphatic carbocycles. The number of hydrogen-bond acceptors (Lipinski definition) is 2. The number of alkyl halides is 2. The Hall–Kier alpha value is 0.0600. The maximum atomic E-state index is 12.2. The fraction of sp³-hybridized carbons (Fsp3) is 1.00. The van der Waals surface area contributed by atoms with Crippen molar-refractivity contribution in [1.29, 1.82) is 0 Å². The molecule has 3 nitrogen and oxygen atoms in total. The van der Waals surface area contributed by atoms with E-state index in [0.29, 0.717) is 0 Å². The molecule has 3 unspecified atom stereocenters.